The van der Waals surface area contributed by atoms with Crippen LogP contribution in [0.3, 0.4) is 0 Å². The zero-order chi connectivity index (χ0) is 12.5. The molecular formula is C15H28O2. The lowest BCUT2D eigenvalue weighted by Crippen LogP contribution is -2.44. The molecule has 1 saturated carbocycles. The molecule has 1 aliphatic heterocycles. The lowest BCUT2D eigenvalue weighted by atomic mass is 9.64. The molecule has 1 N–H and O–H groups in total. The summed E-state index contributed by atoms with van der Waals surface area (Å²) in [6, 6.07) is 0. The van der Waals surface area contributed by atoms with Gasteiger partial charge in [-0.1, -0.05) is 27.2 Å². The Bertz CT molecular complexity index is 246. The summed E-state index contributed by atoms with van der Waals surface area (Å²) in [6.45, 7) is 8.66. The summed E-state index contributed by atoms with van der Waals surface area (Å²) in [6.07, 6.45) is 6.63. The summed E-state index contributed by atoms with van der Waals surface area (Å²) >= 11 is 0. The van der Waals surface area contributed by atoms with Gasteiger partial charge in [-0.05, 0) is 43.4 Å². The van der Waals surface area contributed by atoms with Crippen LogP contribution >= 0.6 is 0 Å². The third-order valence-corrected chi connectivity index (χ3v) is 5.56. The van der Waals surface area contributed by atoms with Gasteiger partial charge in [0, 0.05) is 12.5 Å². The van der Waals surface area contributed by atoms with Crippen molar-refractivity contribution in [2.45, 2.75) is 64.9 Å². The molecule has 1 saturated heterocycles. The molecule has 2 fully saturated rings. The van der Waals surface area contributed by atoms with E-state index in [1.807, 2.05) is 0 Å². The summed E-state index contributed by atoms with van der Waals surface area (Å²) in [7, 11) is 0. The van der Waals surface area contributed by atoms with Crippen LogP contribution in [0.15, 0.2) is 0 Å². The van der Waals surface area contributed by atoms with E-state index in [1.54, 1.807) is 0 Å². The first-order valence-corrected chi connectivity index (χ1v) is 7.28. The highest BCUT2D eigenvalue weighted by Crippen LogP contribution is 2.46. The third-order valence-electron chi connectivity index (χ3n) is 5.56. The monoisotopic (exact) mass is 240 g/mol. The van der Waals surface area contributed by atoms with Gasteiger partial charge in [0.05, 0.1) is 12.2 Å². The van der Waals surface area contributed by atoms with Crippen molar-refractivity contribution in [1.82, 2.24) is 0 Å². The Labute approximate surface area is 106 Å². The fourth-order valence-corrected chi connectivity index (χ4v) is 3.55. The van der Waals surface area contributed by atoms with Crippen LogP contribution in [0.25, 0.3) is 0 Å². The first kappa shape index (κ1) is 13.4. The molecule has 2 nitrogen and oxygen atoms in total. The van der Waals surface area contributed by atoms with Crippen molar-refractivity contribution < 1.29 is 9.84 Å². The molecule has 2 aliphatic rings. The Balaban J connectivity index is 1.93. The fourth-order valence-electron chi connectivity index (χ4n) is 3.55. The van der Waals surface area contributed by atoms with E-state index in [0.717, 1.165) is 38.4 Å². The van der Waals surface area contributed by atoms with Gasteiger partial charge in [-0.15, -0.1) is 0 Å². The summed E-state index contributed by atoms with van der Waals surface area (Å²) in [5.41, 5.74) is 0.0182. The number of ether oxygens (including phenoxy) is 1. The molecule has 0 spiro atoms. The van der Waals surface area contributed by atoms with E-state index in [9.17, 15) is 5.11 Å². The molecule has 1 atom stereocenters. The molecule has 0 aromatic heterocycles. The molecule has 0 aromatic rings. The molecule has 1 unspecified atom stereocenters. The van der Waals surface area contributed by atoms with Gasteiger partial charge in [-0.25, -0.2) is 0 Å². The van der Waals surface area contributed by atoms with Crippen LogP contribution in [0.1, 0.15) is 59.3 Å². The quantitative estimate of drug-likeness (QED) is 0.819. The van der Waals surface area contributed by atoms with Crippen LogP contribution in [0.2, 0.25) is 0 Å². The van der Waals surface area contributed by atoms with Gasteiger partial charge >= 0.3 is 0 Å². The lowest BCUT2D eigenvalue weighted by Gasteiger charge is -2.44. The van der Waals surface area contributed by atoms with Crippen LogP contribution in [-0.4, -0.2) is 23.9 Å². The zero-order valence-electron chi connectivity index (χ0n) is 11.7. The normalized spacial score (nSPS) is 39.5. The van der Waals surface area contributed by atoms with E-state index in [0.29, 0.717) is 11.3 Å². The van der Waals surface area contributed by atoms with Gasteiger partial charge < -0.3 is 9.84 Å². The molecule has 0 bridgehead atoms. The van der Waals surface area contributed by atoms with Crippen molar-refractivity contribution in [2.75, 3.05) is 13.2 Å². The van der Waals surface area contributed by atoms with E-state index < -0.39 is 5.60 Å². The van der Waals surface area contributed by atoms with Crippen molar-refractivity contribution >= 4 is 0 Å². The van der Waals surface area contributed by atoms with E-state index in [-0.39, 0.29) is 0 Å². The van der Waals surface area contributed by atoms with E-state index in [2.05, 4.69) is 20.8 Å². The maximum absolute atomic E-state index is 10.7. The summed E-state index contributed by atoms with van der Waals surface area (Å²) in [5.74, 6) is 1.18. The predicted octanol–water partition coefficient (Wildman–Crippen LogP) is 3.38. The van der Waals surface area contributed by atoms with Crippen LogP contribution in [0.4, 0.5) is 0 Å². The minimum Gasteiger partial charge on any atom is -0.390 e. The molecule has 1 heterocycles. The second-order valence-electron chi connectivity index (χ2n) is 6.78. The molecule has 0 amide bonds. The Morgan fingerprint density at radius 3 is 2.35 bits per heavy atom. The minimum atomic E-state index is -0.420. The molecule has 0 aromatic carbocycles. The maximum Gasteiger partial charge on any atom is 0.0698 e. The first-order chi connectivity index (χ1) is 7.98. The van der Waals surface area contributed by atoms with Crippen LogP contribution < -0.4 is 0 Å². The van der Waals surface area contributed by atoms with Crippen LogP contribution in [0, 0.1) is 17.3 Å². The van der Waals surface area contributed by atoms with Gasteiger partial charge in [0.25, 0.3) is 0 Å². The highest BCUT2D eigenvalue weighted by molar-refractivity contribution is 4.95. The smallest absolute Gasteiger partial charge is 0.0698 e. The second-order valence-corrected chi connectivity index (χ2v) is 6.78. The second kappa shape index (κ2) is 4.89. The molecular weight excluding hydrogens is 212 g/mol. The van der Waals surface area contributed by atoms with Gasteiger partial charge in [0.15, 0.2) is 0 Å². The first-order valence-electron chi connectivity index (χ1n) is 7.28. The molecule has 17 heavy (non-hydrogen) atoms. The van der Waals surface area contributed by atoms with Crippen molar-refractivity contribution in [3.8, 4) is 0 Å². The number of rotatable bonds is 3. The van der Waals surface area contributed by atoms with E-state index >= 15 is 0 Å². The number of hydrogen-bond donors (Lipinski definition) is 1. The SMILES string of the molecule is CCC(C)(C)C1CCC(O)(C2CCOC2)CC1. The predicted molar refractivity (Wildman–Crippen MR) is 69.9 cm³/mol. The molecule has 0 radical (unpaired) electrons. The van der Waals surface area contributed by atoms with Gasteiger partial charge in [-0.2, -0.15) is 0 Å². The van der Waals surface area contributed by atoms with E-state index in [1.165, 1.54) is 19.3 Å². The van der Waals surface area contributed by atoms with Crippen molar-refractivity contribution in [3.63, 3.8) is 0 Å². The lowest BCUT2D eigenvalue weighted by molar-refractivity contribution is -0.0726. The van der Waals surface area contributed by atoms with Crippen molar-refractivity contribution in [3.05, 3.63) is 0 Å². The van der Waals surface area contributed by atoms with Gasteiger partial charge in [-0.3, -0.25) is 0 Å². The Kier molecular flexibility index (Phi) is 3.84. The number of hydrogen-bond acceptors (Lipinski definition) is 2. The average molecular weight is 240 g/mol. The van der Waals surface area contributed by atoms with Crippen molar-refractivity contribution in [1.29, 1.82) is 0 Å². The Morgan fingerprint density at radius 2 is 1.88 bits per heavy atom. The topological polar surface area (TPSA) is 29.5 Å². The average Bonchev–Trinajstić information content (AvgIpc) is 2.84. The van der Waals surface area contributed by atoms with Crippen LogP contribution in [0.5, 0.6) is 0 Å². The third kappa shape index (κ3) is 2.68. The summed E-state index contributed by atoms with van der Waals surface area (Å²) in [4.78, 5) is 0. The maximum atomic E-state index is 10.7. The number of aliphatic hydroxyl groups is 1. The molecule has 100 valence electrons. The van der Waals surface area contributed by atoms with Gasteiger partial charge in [0.1, 0.15) is 0 Å². The van der Waals surface area contributed by atoms with Gasteiger partial charge in [0.2, 0.25) is 0 Å². The molecule has 2 rings (SSSR count). The Morgan fingerprint density at radius 1 is 1.24 bits per heavy atom. The molecule has 2 heteroatoms. The highest BCUT2D eigenvalue weighted by Gasteiger charge is 2.44. The standard InChI is InChI=1S/C15H28O2/c1-4-14(2,3)12-5-8-15(16,9-6-12)13-7-10-17-11-13/h12-13,16H,4-11H2,1-3H3. The Hall–Kier alpha value is -0.0800. The summed E-state index contributed by atoms with van der Waals surface area (Å²) in [5, 5.41) is 10.7. The molecule has 1 aliphatic carbocycles. The minimum absolute atomic E-state index is 0.396. The zero-order valence-corrected chi connectivity index (χ0v) is 11.7. The summed E-state index contributed by atoms with van der Waals surface area (Å²) < 4.78 is 5.43. The van der Waals surface area contributed by atoms with E-state index in [4.69, 9.17) is 4.74 Å². The highest BCUT2D eigenvalue weighted by atomic mass is 16.5. The van der Waals surface area contributed by atoms with Crippen LogP contribution in [-0.2, 0) is 4.74 Å². The fraction of sp³-hybridized carbons (Fsp3) is 1.00. The largest absolute Gasteiger partial charge is 0.390 e. The van der Waals surface area contributed by atoms with Crippen molar-refractivity contribution in [2.24, 2.45) is 17.3 Å².